The van der Waals surface area contributed by atoms with E-state index in [0.717, 1.165) is 6.42 Å². The molecule has 3 aliphatic rings. The highest BCUT2D eigenvalue weighted by molar-refractivity contribution is 6.21. The average Bonchev–Trinajstić information content (AvgIpc) is 2.96. The van der Waals surface area contributed by atoms with Gasteiger partial charge in [0.25, 0.3) is 0 Å². The van der Waals surface area contributed by atoms with E-state index in [-0.39, 0.29) is 36.2 Å². The number of hydrazine groups is 1. The van der Waals surface area contributed by atoms with E-state index in [0.29, 0.717) is 25.7 Å². The fourth-order valence-corrected chi connectivity index (χ4v) is 3.59. The van der Waals surface area contributed by atoms with Gasteiger partial charge in [0.1, 0.15) is 12.5 Å². The Hall–Kier alpha value is -0.100. The summed E-state index contributed by atoms with van der Waals surface area (Å²) in [6, 6.07) is 0.566. The van der Waals surface area contributed by atoms with Crippen LogP contribution in [0.3, 0.4) is 0 Å². The van der Waals surface area contributed by atoms with Crippen LogP contribution in [0.1, 0.15) is 20.3 Å². The van der Waals surface area contributed by atoms with Gasteiger partial charge in [0.2, 0.25) is 0 Å². The molecule has 140 valence electrons. The molecule has 8 N–H and O–H groups in total. The van der Waals surface area contributed by atoms with Crippen molar-refractivity contribution in [2.45, 2.75) is 68.7 Å². The number of rotatable bonds is 5. The molecule has 0 aliphatic carbocycles. The van der Waals surface area contributed by atoms with Gasteiger partial charge in [-0.2, -0.15) is 0 Å². The van der Waals surface area contributed by atoms with E-state index in [1.54, 1.807) is 0 Å². The molecule has 0 aromatic carbocycles. The predicted molar refractivity (Wildman–Crippen MR) is 92.9 cm³/mol. The summed E-state index contributed by atoms with van der Waals surface area (Å²) in [6.45, 7) is 5.70. The Bertz CT molecular complexity index is 397. The molecule has 3 saturated heterocycles. The summed E-state index contributed by atoms with van der Waals surface area (Å²) in [5.41, 5.74) is 6.43. The molecule has 0 bridgehead atoms. The Labute approximate surface area is 147 Å². The third-order valence-corrected chi connectivity index (χ3v) is 5.15. The van der Waals surface area contributed by atoms with E-state index in [4.69, 9.17) is 11.6 Å². The fraction of sp³-hybridized carbons (Fsp3) is 1.00. The van der Waals surface area contributed by atoms with Gasteiger partial charge in [-0.15, -0.1) is 11.6 Å². The first kappa shape index (κ1) is 18.7. The second-order valence-electron chi connectivity index (χ2n) is 6.99. The predicted octanol–water partition coefficient (Wildman–Crippen LogP) is -1.97. The number of alkyl halides is 2. The Morgan fingerprint density at radius 2 is 1.88 bits per heavy atom. The smallest absolute Gasteiger partial charge is 0.125 e. The summed E-state index contributed by atoms with van der Waals surface area (Å²) in [7, 11) is 0. The first-order valence-electron chi connectivity index (χ1n) is 8.79. The molecule has 0 radical (unpaired) electrons. The van der Waals surface area contributed by atoms with Crippen molar-refractivity contribution < 1.29 is 4.39 Å². The van der Waals surface area contributed by atoms with Crippen molar-refractivity contribution in [3.8, 4) is 0 Å². The van der Waals surface area contributed by atoms with Crippen molar-refractivity contribution in [2.75, 3.05) is 19.6 Å². The minimum absolute atomic E-state index is 0.00952. The van der Waals surface area contributed by atoms with Gasteiger partial charge >= 0.3 is 0 Å². The van der Waals surface area contributed by atoms with Crippen LogP contribution < -0.4 is 42.8 Å². The van der Waals surface area contributed by atoms with Crippen LogP contribution >= 0.6 is 11.6 Å². The van der Waals surface area contributed by atoms with Crippen LogP contribution in [0.4, 0.5) is 4.39 Å². The van der Waals surface area contributed by atoms with Crippen molar-refractivity contribution in [2.24, 2.45) is 0 Å². The Kier molecular flexibility index (Phi) is 6.63. The van der Waals surface area contributed by atoms with Crippen LogP contribution in [-0.2, 0) is 0 Å². The Morgan fingerprint density at radius 1 is 1.12 bits per heavy atom. The summed E-state index contributed by atoms with van der Waals surface area (Å²) < 4.78 is 13.2. The summed E-state index contributed by atoms with van der Waals surface area (Å²) in [5, 5.41) is 20.1. The Balaban J connectivity index is 1.46. The largest absolute Gasteiger partial charge is 0.298 e. The molecule has 24 heavy (non-hydrogen) atoms. The molecule has 0 saturated carbocycles. The highest BCUT2D eigenvalue weighted by Crippen LogP contribution is 2.09. The maximum atomic E-state index is 13.2. The molecule has 3 aliphatic heterocycles. The van der Waals surface area contributed by atoms with Crippen LogP contribution in [0.15, 0.2) is 0 Å². The quantitative estimate of drug-likeness (QED) is 0.266. The molecule has 6 atom stereocenters. The van der Waals surface area contributed by atoms with Crippen LogP contribution in [0.2, 0.25) is 0 Å². The first-order valence-corrected chi connectivity index (χ1v) is 9.22. The number of hydrogen-bond donors (Lipinski definition) is 8. The van der Waals surface area contributed by atoms with E-state index >= 15 is 0 Å². The average molecular weight is 365 g/mol. The number of hydrogen-bond acceptors (Lipinski definition) is 8. The molecule has 0 aromatic heterocycles. The van der Waals surface area contributed by atoms with Gasteiger partial charge in [0, 0.05) is 31.7 Å². The third kappa shape index (κ3) is 4.96. The first-order chi connectivity index (χ1) is 11.5. The molecular weight excluding hydrogens is 335 g/mol. The zero-order valence-electron chi connectivity index (χ0n) is 14.2. The third-order valence-electron chi connectivity index (χ3n) is 4.75. The van der Waals surface area contributed by atoms with Gasteiger partial charge in [-0.1, -0.05) is 0 Å². The normalized spacial score (nSPS) is 45.2. The Morgan fingerprint density at radius 3 is 2.54 bits per heavy atom. The van der Waals surface area contributed by atoms with E-state index in [1.807, 2.05) is 0 Å². The molecule has 3 fully saturated rings. The van der Waals surface area contributed by atoms with Crippen LogP contribution in [0.25, 0.3) is 0 Å². The summed E-state index contributed by atoms with van der Waals surface area (Å²) in [6.07, 6.45) is 0.347. The minimum Gasteiger partial charge on any atom is -0.298 e. The SMILES string of the molecule is CC1CC(NC2NC(N[C@@H](C)C3NCC(F)CN3)NCC2Cl)NN1. The minimum atomic E-state index is -0.820. The molecule has 10 heteroatoms. The number of halogens is 2. The van der Waals surface area contributed by atoms with Gasteiger partial charge in [-0.05, 0) is 20.3 Å². The van der Waals surface area contributed by atoms with Gasteiger partial charge < -0.3 is 0 Å². The van der Waals surface area contributed by atoms with E-state index < -0.39 is 6.17 Å². The van der Waals surface area contributed by atoms with Crippen molar-refractivity contribution in [3.05, 3.63) is 0 Å². The highest BCUT2D eigenvalue weighted by Gasteiger charge is 2.33. The van der Waals surface area contributed by atoms with Gasteiger partial charge in [0.05, 0.1) is 23.9 Å². The summed E-state index contributed by atoms with van der Waals surface area (Å²) in [5.74, 6) is 0. The van der Waals surface area contributed by atoms with Crippen molar-refractivity contribution >= 4 is 11.6 Å². The maximum Gasteiger partial charge on any atom is 0.125 e. The molecular formula is C14H30ClFN8. The number of nitrogens with one attached hydrogen (secondary N) is 8. The van der Waals surface area contributed by atoms with E-state index in [2.05, 4.69) is 56.6 Å². The summed E-state index contributed by atoms with van der Waals surface area (Å²) in [4.78, 5) is 0. The van der Waals surface area contributed by atoms with Crippen LogP contribution in [0.5, 0.6) is 0 Å². The molecule has 0 spiro atoms. The zero-order valence-corrected chi connectivity index (χ0v) is 15.0. The maximum absolute atomic E-state index is 13.2. The molecule has 8 nitrogen and oxygen atoms in total. The van der Waals surface area contributed by atoms with Crippen LogP contribution in [0, 0.1) is 0 Å². The van der Waals surface area contributed by atoms with E-state index in [9.17, 15) is 4.39 Å². The van der Waals surface area contributed by atoms with Gasteiger partial charge in [0.15, 0.2) is 0 Å². The lowest BCUT2D eigenvalue weighted by Crippen LogP contribution is -2.73. The summed E-state index contributed by atoms with van der Waals surface area (Å²) >= 11 is 6.43. The van der Waals surface area contributed by atoms with Gasteiger partial charge in [-0.3, -0.25) is 37.3 Å². The molecule has 5 unspecified atom stereocenters. The van der Waals surface area contributed by atoms with Crippen molar-refractivity contribution in [1.82, 2.24) is 42.8 Å². The molecule has 0 aromatic rings. The highest BCUT2D eigenvalue weighted by atomic mass is 35.5. The molecule has 0 amide bonds. The van der Waals surface area contributed by atoms with E-state index in [1.165, 1.54) is 0 Å². The lowest BCUT2D eigenvalue weighted by atomic mass is 10.1. The molecule has 3 heterocycles. The van der Waals surface area contributed by atoms with Gasteiger partial charge in [-0.25, -0.2) is 9.82 Å². The van der Waals surface area contributed by atoms with Crippen LogP contribution in [-0.4, -0.2) is 68.1 Å². The second kappa shape index (κ2) is 8.52. The lowest BCUT2D eigenvalue weighted by molar-refractivity contribution is 0.165. The lowest BCUT2D eigenvalue weighted by Gasteiger charge is -2.40. The fourth-order valence-electron chi connectivity index (χ4n) is 3.36. The molecule has 3 rings (SSSR count). The topological polar surface area (TPSA) is 96.2 Å². The zero-order chi connectivity index (χ0) is 17.1. The van der Waals surface area contributed by atoms with Crippen molar-refractivity contribution in [1.29, 1.82) is 0 Å². The van der Waals surface area contributed by atoms with Crippen molar-refractivity contribution in [3.63, 3.8) is 0 Å². The standard InChI is InChI=1S/C14H30ClFN8/c1-7-3-11(24-23-7)21-13-10(15)6-19-14(22-13)20-8(2)12-17-4-9(16)5-18-12/h7-14,17-24H,3-6H2,1-2H3/t7?,8-,9?,10?,11?,12?,13?,14?/m0/s1. The monoisotopic (exact) mass is 364 g/mol. The second-order valence-corrected chi connectivity index (χ2v) is 7.55.